The SMILES string of the molecule is CC(C)NC(=O)CCN1C(=O)C2C=C3OCOC3=CC2=NC1=S. The summed E-state index contributed by atoms with van der Waals surface area (Å²) >= 11 is 5.20. The number of nitrogens with zero attached hydrogens (tertiary/aromatic N) is 2. The number of thiocarbonyl (C=S) groups is 1. The Hall–Kier alpha value is -2.22. The van der Waals surface area contributed by atoms with E-state index in [1.165, 1.54) is 4.90 Å². The van der Waals surface area contributed by atoms with E-state index >= 15 is 0 Å². The number of carbonyl (C=O) groups is 2. The quantitative estimate of drug-likeness (QED) is 0.771. The molecule has 0 bridgehead atoms. The average Bonchev–Trinajstić information content (AvgIpc) is 2.91. The van der Waals surface area contributed by atoms with Crippen LogP contribution in [0.3, 0.4) is 0 Å². The van der Waals surface area contributed by atoms with Crippen LogP contribution in [-0.2, 0) is 19.1 Å². The van der Waals surface area contributed by atoms with E-state index in [-0.39, 0.29) is 42.7 Å². The van der Waals surface area contributed by atoms with Crippen LogP contribution >= 0.6 is 12.2 Å². The number of ether oxygens (including phenoxy) is 2. The smallest absolute Gasteiger partial charge is 0.241 e. The third-order valence-corrected chi connectivity index (χ3v) is 3.90. The summed E-state index contributed by atoms with van der Waals surface area (Å²) in [5.74, 6) is 0.251. The predicted molar refractivity (Wildman–Crippen MR) is 86.3 cm³/mol. The van der Waals surface area contributed by atoms with Gasteiger partial charge in [-0.05, 0) is 32.1 Å². The number of carbonyl (C=O) groups excluding carboxylic acids is 2. The van der Waals surface area contributed by atoms with Crippen LogP contribution < -0.4 is 5.32 Å². The van der Waals surface area contributed by atoms with Gasteiger partial charge in [-0.1, -0.05) is 0 Å². The molecule has 2 heterocycles. The molecule has 2 amide bonds. The van der Waals surface area contributed by atoms with E-state index in [9.17, 15) is 9.59 Å². The molecule has 122 valence electrons. The molecular formula is C15H17N3O4S. The van der Waals surface area contributed by atoms with Crippen molar-refractivity contribution >= 4 is 34.9 Å². The number of rotatable bonds is 4. The molecule has 0 radical (unpaired) electrons. The number of nitrogens with one attached hydrogen (secondary N) is 1. The molecule has 1 saturated heterocycles. The van der Waals surface area contributed by atoms with Gasteiger partial charge in [0, 0.05) is 25.1 Å². The predicted octanol–water partition coefficient (Wildman–Crippen LogP) is 0.871. The summed E-state index contributed by atoms with van der Waals surface area (Å²) in [4.78, 5) is 30.1. The summed E-state index contributed by atoms with van der Waals surface area (Å²) in [5.41, 5.74) is 0.548. The highest BCUT2D eigenvalue weighted by Crippen LogP contribution is 2.31. The van der Waals surface area contributed by atoms with Crippen molar-refractivity contribution in [1.29, 1.82) is 0 Å². The first-order valence-electron chi connectivity index (χ1n) is 7.38. The van der Waals surface area contributed by atoms with Crippen molar-refractivity contribution in [3.8, 4) is 0 Å². The van der Waals surface area contributed by atoms with Crippen molar-refractivity contribution in [3.63, 3.8) is 0 Å². The minimum Gasteiger partial charge on any atom is -0.454 e. The Balaban J connectivity index is 1.73. The van der Waals surface area contributed by atoms with Gasteiger partial charge in [0.25, 0.3) is 0 Å². The van der Waals surface area contributed by atoms with Gasteiger partial charge in [0.1, 0.15) is 5.92 Å². The number of allylic oxidation sites excluding steroid dienone is 1. The topological polar surface area (TPSA) is 80.2 Å². The highest BCUT2D eigenvalue weighted by atomic mass is 32.1. The summed E-state index contributed by atoms with van der Waals surface area (Å²) in [5, 5.41) is 2.96. The van der Waals surface area contributed by atoms with Crippen molar-refractivity contribution in [1.82, 2.24) is 10.2 Å². The molecule has 1 unspecified atom stereocenters. The van der Waals surface area contributed by atoms with E-state index in [1.54, 1.807) is 12.2 Å². The lowest BCUT2D eigenvalue weighted by atomic mass is 9.94. The minimum atomic E-state index is -0.546. The Bertz CT molecular complexity index is 666. The normalized spacial score (nSPS) is 22.5. The van der Waals surface area contributed by atoms with Crippen LogP contribution in [0.15, 0.2) is 28.7 Å². The highest BCUT2D eigenvalue weighted by Gasteiger charge is 2.38. The van der Waals surface area contributed by atoms with Crippen LogP contribution in [0.1, 0.15) is 20.3 Å². The molecule has 1 N–H and O–H groups in total. The largest absolute Gasteiger partial charge is 0.454 e. The number of fused-ring (bicyclic) bond motifs is 2. The zero-order chi connectivity index (χ0) is 16.6. The van der Waals surface area contributed by atoms with Crippen molar-refractivity contribution in [2.75, 3.05) is 13.3 Å². The van der Waals surface area contributed by atoms with E-state index in [0.29, 0.717) is 17.2 Å². The lowest BCUT2D eigenvalue weighted by Gasteiger charge is -2.30. The van der Waals surface area contributed by atoms with Crippen molar-refractivity contribution < 1.29 is 19.1 Å². The minimum absolute atomic E-state index is 0.0577. The van der Waals surface area contributed by atoms with Crippen molar-refractivity contribution in [3.05, 3.63) is 23.7 Å². The lowest BCUT2D eigenvalue weighted by Crippen LogP contribution is -2.47. The highest BCUT2D eigenvalue weighted by molar-refractivity contribution is 7.80. The van der Waals surface area contributed by atoms with E-state index < -0.39 is 5.92 Å². The second kappa shape index (κ2) is 6.11. The number of hydrogen-bond donors (Lipinski definition) is 1. The summed E-state index contributed by atoms with van der Waals surface area (Å²) in [7, 11) is 0. The third kappa shape index (κ3) is 3.12. The monoisotopic (exact) mass is 335 g/mol. The van der Waals surface area contributed by atoms with Crippen LogP contribution in [0.4, 0.5) is 0 Å². The fourth-order valence-electron chi connectivity index (χ4n) is 2.55. The first-order valence-corrected chi connectivity index (χ1v) is 7.79. The van der Waals surface area contributed by atoms with Crippen LogP contribution in [0.25, 0.3) is 0 Å². The van der Waals surface area contributed by atoms with Crippen LogP contribution in [0.2, 0.25) is 0 Å². The van der Waals surface area contributed by atoms with E-state index in [1.807, 2.05) is 13.8 Å². The summed E-state index contributed by atoms with van der Waals surface area (Å²) in [6, 6.07) is 0.0577. The Morgan fingerprint density at radius 1 is 1.48 bits per heavy atom. The first-order chi connectivity index (χ1) is 11.0. The molecule has 0 aromatic heterocycles. The molecule has 0 spiro atoms. The maximum Gasteiger partial charge on any atom is 0.241 e. The maximum atomic E-state index is 12.6. The second-order valence-corrected chi connectivity index (χ2v) is 6.07. The molecule has 1 fully saturated rings. The zero-order valence-corrected chi connectivity index (χ0v) is 13.7. The van der Waals surface area contributed by atoms with Crippen molar-refractivity contribution in [2.45, 2.75) is 26.3 Å². The molecule has 3 aliphatic rings. The average molecular weight is 335 g/mol. The molecule has 23 heavy (non-hydrogen) atoms. The summed E-state index contributed by atoms with van der Waals surface area (Å²) in [6.45, 7) is 4.11. The van der Waals surface area contributed by atoms with Crippen LogP contribution in [-0.4, -0.2) is 46.9 Å². The Morgan fingerprint density at radius 3 is 2.96 bits per heavy atom. The second-order valence-electron chi connectivity index (χ2n) is 5.71. The van der Waals surface area contributed by atoms with Crippen LogP contribution in [0, 0.1) is 5.92 Å². The van der Waals surface area contributed by atoms with Gasteiger partial charge in [-0.2, -0.15) is 0 Å². The molecule has 7 nitrogen and oxygen atoms in total. The molecule has 0 saturated carbocycles. The Kier molecular flexibility index (Phi) is 4.16. The first kappa shape index (κ1) is 15.7. The zero-order valence-electron chi connectivity index (χ0n) is 12.9. The Morgan fingerprint density at radius 2 is 2.22 bits per heavy atom. The van der Waals surface area contributed by atoms with Gasteiger partial charge in [0.15, 0.2) is 11.5 Å². The Labute approximate surface area is 139 Å². The van der Waals surface area contributed by atoms with Gasteiger partial charge in [0.05, 0.1) is 5.71 Å². The molecule has 8 heteroatoms. The van der Waals surface area contributed by atoms with Crippen molar-refractivity contribution in [2.24, 2.45) is 10.9 Å². The fourth-order valence-corrected chi connectivity index (χ4v) is 2.84. The fraction of sp³-hybridized carbons (Fsp3) is 0.467. The lowest BCUT2D eigenvalue weighted by molar-refractivity contribution is -0.129. The van der Waals surface area contributed by atoms with Gasteiger partial charge >= 0.3 is 0 Å². The molecule has 1 atom stereocenters. The number of aliphatic imine (C=N–C) groups is 1. The van der Waals surface area contributed by atoms with E-state index in [4.69, 9.17) is 21.7 Å². The number of amides is 2. The maximum absolute atomic E-state index is 12.6. The molecule has 3 rings (SSSR count). The van der Waals surface area contributed by atoms with Crippen LogP contribution in [0.5, 0.6) is 0 Å². The molecular weight excluding hydrogens is 318 g/mol. The summed E-state index contributed by atoms with van der Waals surface area (Å²) in [6.07, 6.45) is 3.55. The van der Waals surface area contributed by atoms with Gasteiger partial charge in [0.2, 0.25) is 23.7 Å². The van der Waals surface area contributed by atoms with Gasteiger partial charge < -0.3 is 14.8 Å². The van der Waals surface area contributed by atoms with Gasteiger partial charge in [-0.3, -0.25) is 14.5 Å². The van der Waals surface area contributed by atoms with E-state index in [2.05, 4.69) is 10.3 Å². The molecule has 1 aliphatic carbocycles. The third-order valence-electron chi connectivity index (χ3n) is 3.59. The molecule has 2 aliphatic heterocycles. The molecule has 0 aromatic carbocycles. The molecule has 0 aromatic rings. The summed E-state index contributed by atoms with van der Waals surface area (Å²) < 4.78 is 10.6. The standard InChI is InChI=1S/C15H17N3O4S/c1-8(2)16-13(19)3-4-18-14(20)9-5-11-12(22-7-21-11)6-10(9)17-15(18)23/h5-6,8-9H,3-4,7H2,1-2H3,(H,16,19). The van der Waals surface area contributed by atoms with E-state index in [0.717, 1.165) is 0 Å². The number of hydrogen-bond acceptors (Lipinski definition) is 5. The van der Waals surface area contributed by atoms with Gasteiger partial charge in [-0.25, -0.2) is 4.99 Å². The van der Waals surface area contributed by atoms with Gasteiger partial charge in [-0.15, -0.1) is 0 Å².